The number of hydrogen-bond donors (Lipinski definition) is 1. The van der Waals surface area contributed by atoms with Gasteiger partial charge < -0.3 is 14.8 Å². The van der Waals surface area contributed by atoms with Crippen LogP contribution in [0, 0.1) is 20.8 Å². The van der Waals surface area contributed by atoms with Gasteiger partial charge in [0.15, 0.2) is 12.7 Å². The zero-order valence-corrected chi connectivity index (χ0v) is 17.6. The van der Waals surface area contributed by atoms with Crippen molar-refractivity contribution in [3.05, 3.63) is 40.7 Å². The summed E-state index contributed by atoms with van der Waals surface area (Å²) in [7, 11) is 1.80. The zero-order valence-electron chi connectivity index (χ0n) is 17.6. The molecule has 2 rings (SSSR count). The molecule has 0 radical (unpaired) electrons. The first-order chi connectivity index (χ1) is 13.1. The molecule has 0 aliphatic heterocycles. The van der Waals surface area contributed by atoms with E-state index >= 15 is 0 Å². The third kappa shape index (κ3) is 5.12. The summed E-state index contributed by atoms with van der Waals surface area (Å²) in [6.45, 7) is 11.0. The van der Waals surface area contributed by atoms with E-state index in [0.29, 0.717) is 23.0 Å². The second-order valence-corrected chi connectivity index (χ2v) is 7.26. The molecule has 1 aromatic heterocycles. The Morgan fingerprint density at radius 1 is 1.18 bits per heavy atom. The Bertz CT molecular complexity index is 871. The Morgan fingerprint density at radius 3 is 2.43 bits per heavy atom. The molecule has 1 N–H and O–H groups in total. The molecule has 1 aromatic carbocycles. The Hall–Kier alpha value is -2.83. The Morgan fingerprint density at radius 2 is 1.86 bits per heavy atom. The molecular formula is C21H29N3O4. The summed E-state index contributed by atoms with van der Waals surface area (Å²) in [6, 6.07) is 5.93. The van der Waals surface area contributed by atoms with Crippen molar-refractivity contribution in [2.45, 2.75) is 53.6 Å². The first kappa shape index (κ1) is 21.5. The monoisotopic (exact) mass is 387 g/mol. The SMILES string of the molecule is Cc1ccc(C(C)C)cc1OCC(=O)O[C@H](C)C(=O)Nc1c(C)nn(C)c1C. The summed E-state index contributed by atoms with van der Waals surface area (Å²) in [4.78, 5) is 24.5. The second-order valence-electron chi connectivity index (χ2n) is 7.26. The van der Waals surface area contributed by atoms with Crippen LogP contribution in [-0.2, 0) is 21.4 Å². The van der Waals surface area contributed by atoms with E-state index in [9.17, 15) is 9.59 Å². The summed E-state index contributed by atoms with van der Waals surface area (Å²) >= 11 is 0. The van der Waals surface area contributed by atoms with E-state index in [1.54, 1.807) is 18.7 Å². The molecule has 7 nitrogen and oxygen atoms in total. The van der Waals surface area contributed by atoms with Gasteiger partial charge in [0.25, 0.3) is 5.91 Å². The lowest BCUT2D eigenvalue weighted by atomic mass is 10.0. The lowest BCUT2D eigenvalue weighted by molar-refractivity contribution is -0.155. The van der Waals surface area contributed by atoms with Crippen molar-refractivity contribution in [1.29, 1.82) is 0 Å². The topological polar surface area (TPSA) is 82.4 Å². The second kappa shape index (κ2) is 8.91. The summed E-state index contributed by atoms with van der Waals surface area (Å²) in [5.74, 6) is -0.0120. The number of nitrogens with zero attached hydrogens (tertiary/aromatic N) is 2. The molecular weight excluding hydrogens is 358 g/mol. The van der Waals surface area contributed by atoms with Crippen molar-refractivity contribution in [2.75, 3.05) is 11.9 Å². The van der Waals surface area contributed by atoms with Gasteiger partial charge in [-0.3, -0.25) is 9.48 Å². The number of benzene rings is 1. The van der Waals surface area contributed by atoms with E-state index < -0.39 is 18.0 Å². The lowest BCUT2D eigenvalue weighted by Crippen LogP contribution is -2.32. The molecule has 1 atom stereocenters. The highest BCUT2D eigenvalue weighted by atomic mass is 16.6. The highest BCUT2D eigenvalue weighted by molar-refractivity contribution is 5.96. The van der Waals surface area contributed by atoms with Crippen molar-refractivity contribution in [2.24, 2.45) is 7.05 Å². The maximum Gasteiger partial charge on any atom is 0.344 e. The highest BCUT2D eigenvalue weighted by Gasteiger charge is 2.21. The molecule has 1 heterocycles. The molecule has 1 amide bonds. The number of ether oxygens (including phenoxy) is 2. The van der Waals surface area contributed by atoms with Gasteiger partial charge in [-0.2, -0.15) is 5.10 Å². The predicted octanol–water partition coefficient (Wildman–Crippen LogP) is 3.42. The van der Waals surface area contributed by atoms with Gasteiger partial charge in [-0.15, -0.1) is 0 Å². The molecule has 0 aliphatic rings. The van der Waals surface area contributed by atoms with Crippen molar-refractivity contribution in [3.8, 4) is 5.75 Å². The van der Waals surface area contributed by atoms with Crippen molar-refractivity contribution < 1.29 is 19.1 Å². The Labute approximate surface area is 166 Å². The number of esters is 1. The minimum absolute atomic E-state index is 0.259. The number of nitrogens with one attached hydrogen (secondary N) is 1. The molecule has 0 bridgehead atoms. The Balaban J connectivity index is 1.92. The standard InChI is InChI=1S/C21H29N3O4/c1-12(2)17-9-8-13(3)18(10-17)27-11-19(25)28-16(6)21(26)22-20-14(4)23-24(7)15(20)5/h8-10,12,16H,11H2,1-7H3,(H,22,26)/t16-/m1/s1. The molecule has 7 heteroatoms. The van der Waals surface area contributed by atoms with Gasteiger partial charge >= 0.3 is 5.97 Å². The predicted molar refractivity (Wildman–Crippen MR) is 108 cm³/mol. The summed E-state index contributed by atoms with van der Waals surface area (Å²) in [5.41, 5.74) is 4.23. The van der Waals surface area contributed by atoms with Crippen LogP contribution in [0.2, 0.25) is 0 Å². The molecule has 0 aliphatic carbocycles. The van der Waals surface area contributed by atoms with Gasteiger partial charge in [0.05, 0.1) is 17.1 Å². The van der Waals surface area contributed by atoms with Gasteiger partial charge in [-0.05, 0) is 50.8 Å². The molecule has 28 heavy (non-hydrogen) atoms. The summed E-state index contributed by atoms with van der Waals surface area (Å²) < 4.78 is 12.5. The number of anilines is 1. The van der Waals surface area contributed by atoms with E-state index in [4.69, 9.17) is 9.47 Å². The van der Waals surface area contributed by atoms with Crippen LogP contribution in [0.4, 0.5) is 5.69 Å². The molecule has 2 aromatic rings. The van der Waals surface area contributed by atoms with E-state index in [2.05, 4.69) is 24.3 Å². The molecule has 0 saturated heterocycles. The number of carbonyl (C=O) groups is 2. The van der Waals surface area contributed by atoms with Crippen LogP contribution in [0.1, 0.15) is 49.2 Å². The van der Waals surface area contributed by atoms with Gasteiger partial charge in [0.1, 0.15) is 5.75 Å². The first-order valence-corrected chi connectivity index (χ1v) is 9.34. The van der Waals surface area contributed by atoms with Gasteiger partial charge in [0.2, 0.25) is 0 Å². The first-order valence-electron chi connectivity index (χ1n) is 9.34. The maximum absolute atomic E-state index is 12.3. The largest absolute Gasteiger partial charge is 0.482 e. The third-order valence-electron chi connectivity index (χ3n) is 4.66. The minimum atomic E-state index is -0.946. The lowest BCUT2D eigenvalue weighted by Gasteiger charge is -2.15. The average molecular weight is 387 g/mol. The molecule has 152 valence electrons. The quantitative estimate of drug-likeness (QED) is 0.736. The highest BCUT2D eigenvalue weighted by Crippen LogP contribution is 2.24. The van der Waals surface area contributed by atoms with Crippen LogP contribution in [0.15, 0.2) is 18.2 Å². The third-order valence-corrected chi connectivity index (χ3v) is 4.66. The van der Waals surface area contributed by atoms with Crippen LogP contribution in [0.5, 0.6) is 5.75 Å². The van der Waals surface area contributed by atoms with Crippen molar-refractivity contribution in [3.63, 3.8) is 0 Å². The molecule has 0 saturated carbocycles. The molecule has 0 unspecified atom stereocenters. The van der Waals surface area contributed by atoms with Gasteiger partial charge in [0, 0.05) is 7.05 Å². The number of hydrogen-bond acceptors (Lipinski definition) is 5. The zero-order chi connectivity index (χ0) is 21.0. The molecule has 0 fully saturated rings. The number of amides is 1. The number of aryl methyl sites for hydroxylation is 3. The number of aromatic nitrogens is 2. The number of carbonyl (C=O) groups excluding carboxylic acids is 2. The molecule has 0 spiro atoms. The van der Waals surface area contributed by atoms with Crippen LogP contribution in [0.25, 0.3) is 0 Å². The fraction of sp³-hybridized carbons (Fsp3) is 0.476. The van der Waals surface area contributed by atoms with Crippen LogP contribution in [-0.4, -0.2) is 34.4 Å². The van der Waals surface area contributed by atoms with Crippen LogP contribution < -0.4 is 10.1 Å². The van der Waals surface area contributed by atoms with Crippen molar-refractivity contribution in [1.82, 2.24) is 9.78 Å². The summed E-state index contributed by atoms with van der Waals surface area (Å²) in [6.07, 6.45) is -0.946. The van der Waals surface area contributed by atoms with Crippen molar-refractivity contribution >= 4 is 17.6 Å². The van der Waals surface area contributed by atoms with Crippen LogP contribution >= 0.6 is 0 Å². The smallest absolute Gasteiger partial charge is 0.344 e. The maximum atomic E-state index is 12.3. The minimum Gasteiger partial charge on any atom is -0.482 e. The normalized spacial score (nSPS) is 12.0. The average Bonchev–Trinajstić information content (AvgIpc) is 2.86. The van der Waals surface area contributed by atoms with Gasteiger partial charge in [-0.25, -0.2) is 4.79 Å². The van der Waals surface area contributed by atoms with E-state index in [0.717, 1.165) is 16.8 Å². The van der Waals surface area contributed by atoms with Gasteiger partial charge in [-0.1, -0.05) is 26.0 Å². The van der Waals surface area contributed by atoms with E-state index in [-0.39, 0.29) is 6.61 Å². The Kier molecular flexibility index (Phi) is 6.83. The van der Waals surface area contributed by atoms with Crippen LogP contribution in [0.3, 0.4) is 0 Å². The number of rotatable bonds is 7. The fourth-order valence-corrected chi connectivity index (χ4v) is 2.73. The fourth-order valence-electron chi connectivity index (χ4n) is 2.73. The van der Waals surface area contributed by atoms with E-state index in [1.807, 2.05) is 32.0 Å². The van der Waals surface area contributed by atoms with E-state index in [1.165, 1.54) is 6.92 Å². The summed E-state index contributed by atoms with van der Waals surface area (Å²) in [5, 5.41) is 7.02.